The molecule has 0 spiro atoms. The minimum absolute atomic E-state index is 0.0107. The molecule has 2 aromatic rings. The maximum Gasteiger partial charge on any atom is 0.220 e. The molecule has 9 heteroatoms. The third-order valence-electron chi connectivity index (χ3n) is 7.38. The molecular formula is C31H43N3O6. The van der Waals surface area contributed by atoms with Gasteiger partial charge in [0.25, 0.3) is 0 Å². The minimum atomic E-state index is -0.497. The molecule has 0 radical (unpaired) electrons. The van der Waals surface area contributed by atoms with Gasteiger partial charge in [0.05, 0.1) is 32.0 Å². The summed E-state index contributed by atoms with van der Waals surface area (Å²) >= 11 is 0. The number of nitrogens with zero attached hydrogens (tertiary/aromatic N) is 1. The van der Waals surface area contributed by atoms with Gasteiger partial charge in [0.1, 0.15) is 0 Å². The molecule has 0 unspecified atom stereocenters. The summed E-state index contributed by atoms with van der Waals surface area (Å²) < 4.78 is 18.4. The summed E-state index contributed by atoms with van der Waals surface area (Å²) in [6, 6.07) is 16.0. The lowest BCUT2D eigenvalue weighted by Gasteiger charge is -2.39. The van der Waals surface area contributed by atoms with Crippen molar-refractivity contribution in [2.24, 2.45) is 0 Å². The first-order valence-electron chi connectivity index (χ1n) is 14.4. The second kappa shape index (κ2) is 15.8. The number of hydrogen-bond donors (Lipinski definition) is 3. The van der Waals surface area contributed by atoms with Gasteiger partial charge < -0.3 is 30.0 Å². The van der Waals surface area contributed by atoms with Gasteiger partial charge in [0.15, 0.2) is 6.29 Å². The molecule has 2 aliphatic rings. The van der Waals surface area contributed by atoms with Gasteiger partial charge in [-0.05, 0) is 29.5 Å². The standard InChI is InChI=1S/C31H43N3O6/c1-23(36)32-14-4-2-3-5-30(37)33-20-24-6-12-27(13-7-24)31-39-28(21-34-15-17-38-18-16-34)19-29(40-31)26-10-8-25(22-35)9-11-26/h6-13,28-29,31,35H,2-5,14-22H2,1H3,(H,32,36)(H,33,37)/t28-,29+,31+/m1/s1. The predicted octanol–water partition coefficient (Wildman–Crippen LogP) is 3.37. The molecule has 2 aromatic carbocycles. The van der Waals surface area contributed by atoms with Crippen molar-refractivity contribution in [1.82, 2.24) is 15.5 Å². The number of hydrogen-bond acceptors (Lipinski definition) is 7. The summed E-state index contributed by atoms with van der Waals surface area (Å²) in [4.78, 5) is 25.5. The van der Waals surface area contributed by atoms with Crippen LogP contribution in [0.25, 0.3) is 0 Å². The number of nitrogens with one attached hydrogen (secondary N) is 2. The van der Waals surface area contributed by atoms with Gasteiger partial charge in [-0.25, -0.2) is 0 Å². The van der Waals surface area contributed by atoms with Gasteiger partial charge >= 0.3 is 0 Å². The number of aliphatic hydroxyl groups excluding tert-OH is 1. The number of amides is 2. The van der Waals surface area contributed by atoms with Crippen LogP contribution in [-0.4, -0.2) is 67.3 Å². The van der Waals surface area contributed by atoms with Crippen LogP contribution in [0, 0.1) is 0 Å². The van der Waals surface area contributed by atoms with E-state index < -0.39 is 6.29 Å². The molecule has 0 saturated carbocycles. The molecule has 0 aliphatic carbocycles. The number of ether oxygens (including phenoxy) is 3. The highest BCUT2D eigenvalue weighted by molar-refractivity contribution is 5.75. The van der Waals surface area contributed by atoms with Gasteiger partial charge in [-0.15, -0.1) is 0 Å². The molecule has 3 atom stereocenters. The maximum atomic E-state index is 12.2. The van der Waals surface area contributed by atoms with Gasteiger partial charge in [0, 0.05) is 58.1 Å². The van der Waals surface area contributed by atoms with E-state index in [0.29, 0.717) is 19.5 Å². The van der Waals surface area contributed by atoms with Crippen molar-refractivity contribution in [3.8, 4) is 0 Å². The first-order valence-corrected chi connectivity index (χ1v) is 14.4. The average molecular weight is 554 g/mol. The number of morpholine rings is 1. The zero-order valence-electron chi connectivity index (χ0n) is 23.5. The van der Waals surface area contributed by atoms with E-state index >= 15 is 0 Å². The fourth-order valence-corrected chi connectivity index (χ4v) is 5.04. The van der Waals surface area contributed by atoms with Crippen molar-refractivity contribution in [2.45, 2.75) is 70.7 Å². The topological polar surface area (TPSA) is 109 Å². The Morgan fingerprint density at radius 3 is 2.30 bits per heavy atom. The lowest BCUT2D eigenvalue weighted by atomic mass is 9.99. The average Bonchev–Trinajstić information content (AvgIpc) is 2.98. The van der Waals surface area contributed by atoms with Crippen LogP contribution >= 0.6 is 0 Å². The Balaban J connectivity index is 1.31. The number of benzene rings is 2. The predicted molar refractivity (Wildman–Crippen MR) is 151 cm³/mol. The van der Waals surface area contributed by atoms with Crippen LogP contribution in [0.2, 0.25) is 0 Å². The van der Waals surface area contributed by atoms with E-state index in [0.717, 1.165) is 80.8 Å². The molecule has 9 nitrogen and oxygen atoms in total. The van der Waals surface area contributed by atoms with E-state index in [9.17, 15) is 14.7 Å². The van der Waals surface area contributed by atoms with Crippen LogP contribution in [0.1, 0.15) is 73.7 Å². The molecular weight excluding hydrogens is 510 g/mol. The summed E-state index contributed by atoms with van der Waals surface area (Å²) in [5, 5.41) is 15.2. The van der Waals surface area contributed by atoms with E-state index in [1.165, 1.54) is 6.92 Å². The largest absolute Gasteiger partial charge is 0.392 e. The Hall–Kier alpha value is -2.82. The highest BCUT2D eigenvalue weighted by Gasteiger charge is 2.33. The fourth-order valence-electron chi connectivity index (χ4n) is 5.04. The Labute approximate surface area is 237 Å². The SMILES string of the molecule is CC(=O)NCCCCCC(=O)NCc1ccc([C@H]2O[C@@H](CN3CCOCC3)C[C@@H](c3ccc(CO)cc3)O2)cc1. The number of unbranched alkanes of at least 4 members (excludes halogenated alkanes) is 2. The molecule has 2 saturated heterocycles. The monoisotopic (exact) mass is 553 g/mol. The van der Waals surface area contributed by atoms with Gasteiger partial charge in [-0.1, -0.05) is 55.0 Å². The van der Waals surface area contributed by atoms with Crippen LogP contribution in [-0.2, 0) is 37.0 Å². The summed E-state index contributed by atoms with van der Waals surface area (Å²) in [6.07, 6.45) is 3.22. The molecule has 0 aromatic heterocycles. The van der Waals surface area contributed by atoms with Crippen molar-refractivity contribution < 1.29 is 28.9 Å². The second-order valence-corrected chi connectivity index (χ2v) is 10.6. The van der Waals surface area contributed by atoms with Crippen LogP contribution < -0.4 is 10.6 Å². The fraction of sp³-hybridized carbons (Fsp3) is 0.548. The summed E-state index contributed by atoms with van der Waals surface area (Å²) in [6.45, 7) is 6.77. The first-order chi connectivity index (χ1) is 19.5. The van der Waals surface area contributed by atoms with E-state index in [1.54, 1.807) is 0 Å². The van der Waals surface area contributed by atoms with Crippen LogP contribution in [0.3, 0.4) is 0 Å². The highest BCUT2D eigenvalue weighted by atomic mass is 16.7. The minimum Gasteiger partial charge on any atom is -0.392 e. The molecule has 40 heavy (non-hydrogen) atoms. The van der Waals surface area contributed by atoms with Crippen LogP contribution in [0.5, 0.6) is 0 Å². The first kappa shape index (κ1) is 30.1. The van der Waals surface area contributed by atoms with Gasteiger partial charge in [-0.3, -0.25) is 14.5 Å². The van der Waals surface area contributed by atoms with Crippen molar-refractivity contribution in [2.75, 3.05) is 39.4 Å². The summed E-state index contributed by atoms with van der Waals surface area (Å²) in [7, 11) is 0. The molecule has 2 amide bonds. The maximum absolute atomic E-state index is 12.2. The Morgan fingerprint density at radius 1 is 0.900 bits per heavy atom. The Kier molecular flexibility index (Phi) is 11.9. The second-order valence-electron chi connectivity index (χ2n) is 10.6. The molecule has 218 valence electrons. The van der Waals surface area contributed by atoms with Crippen molar-refractivity contribution in [3.63, 3.8) is 0 Å². The molecule has 2 heterocycles. The van der Waals surface area contributed by atoms with Crippen molar-refractivity contribution >= 4 is 11.8 Å². The number of aliphatic hydroxyl groups is 1. The van der Waals surface area contributed by atoms with Crippen molar-refractivity contribution in [3.05, 3.63) is 70.8 Å². The van der Waals surface area contributed by atoms with E-state index in [-0.39, 0.29) is 30.6 Å². The lowest BCUT2D eigenvalue weighted by Crippen LogP contribution is -2.44. The zero-order valence-corrected chi connectivity index (χ0v) is 23.5. The number of carbonyl (C=O) groups is 2. The smallest absolute Gasteiger partial charge is 0.220 e. The zero-order chi connectivity index (χ0) is 28.2. The van der Waals surface area contributed by atoms with Gasteiger partial charge in [0.2, 0.25) is 11.8 Å². The van der Waals surface area contributed by atoms with Crippen molar-refractivity contribution in [1.29, 1.82) is 0 Å². The highest BCUT2D eigenvalue weighted by Crippen LogP contribution is 2.38. The molecule has 0 bridgehead atoms. The van der Waals surface area contributed by atoms with E-state index in [1.807, 2.05) is 48.5 Å². The lowest BCUT2D eigenvalue weighted by molar-refractivity contribution is -0.253. The van der Waals surface area contributed by atoms with Gasteiger partial charge in [-0.2, -0.15) is 0 Å². The quantitative estimate of drug-likeness (QED) is 0.326. The van der Waals surface area contributed by atoms with Crippen LogP contribution in [0.4, 0.5) is 0 Å². The number of carbonyl (C=O) groups excluding carboxylic acids is 2. The third kappa shape index (κ3) is 9.67. The summed E-state index contributed by atoms with van der Waals surface area (Å²) in [5.74, 6) is 0.00935. The third-order valence-corrected chi connectivity index (χ3v) is 7.38. The summed E-state index contributed by atoms with van der Waals surface area (Å²) in [5.41, 5.74) is 3.91. The normalized spacial score (nSPS) is 21.6. The van der Waals surface area contributed by atoms with E-state index in [2.05, 4.69) is 15.5 Å². The molecule has 3 N–H and O–H groups in total. The van der Waals surface area contributed by atoms with E-state index in [4.69, 9.17) is 14.2 Å². The molecule has 4 rings (SSSR count). The molecule has 2 fully saturated rings. The Bertz CT molecular complexity index is 1060. The van der Waals surface area contributed by atoms with Crippen LogP contribution in [0.15, 0.2) is 48.5 Å². The number of rotatable bonds is 13. The molecule has 2 aliphatic heterocycles. The Morgan fingerprint density at radius 2 is 1.60 bits per heavy atom.